The van der Waals surface area contributed by atoms with Crippen molar-refractivity contribution in [3.05, 3.63) is 51.2 Å². The van der Waals surface area contributed by atoms with E-state index in [9.17, 15) is 0 Å². The molecule has 0 unspecified atom stereocenters. The molecular weight excluding hydrogens is 266 g/mol. The molecule has 0 saturated heterocycles. The van der Waals surface area contributed by atoms with E-state index < -0.39 is 0 Å². The molecule has 1 heterocycles. The molecule has 2 nitrogen and oxygen atoms in total. The quantitative estimate of drug-likeness (QED) is 0.848. The highest BCUT2D eigenvalue weighted by atomic mass is 32.1. The molecule has 0 fully saturated rings. The molecule has 0 spiro atoms. The van der Waals surface area contributed by atoms with Gasteiger partial charge in [-0.2, -0.15) is 0 Å². The molecule has 0 radical (unpaired) electrons. The van der Waals surface area contributed by atoms with Gasteiger partial charge in [-0.3, -0.25) is 0 Å². The largest absolute Gasteiger partial charge is 0.488 e. The van der Waals surface area contributed by atoms with Crippen LogP contribution in [0.15, 0.2) is 30.3 Å². The van der Waals surface area contributed by atoms with Gasteiger partial charge >= 0.3 is 0 Å². The smallest absolute Gasteiger partial charge is 0.123 e. The van der Waals surface area contributed by atoms with Gasteiger partial charge < -0.3 is 10.1 Å². The lowest BCUT2D eigenvalue weighted by Crippen LogP contribution is -2.21. The van der Waals surface area contributed by atoms with Gasteiger partial charge in [0, 0.05) is 22.3 Å². The maximum absolute atomic E-state index is 5.93. The predicted molar refractivity (Wildman–Crippen MR) is 86.5 cm³/mol. The van der Waals surface area contributed by atoms with E-state index in [0.29, 0.717) is 12.6 Å². The first-order valence-electron chi connectivity index (χ1n) is 7.06. The number of benzene rings is 1. The van der Waals surface area contributed by atoms with Crippen molar-refractivity contribution in [3.8, 4) is 5.75 Å². The van der Waals surface area contributed by atoms with Gasteiger partial charge in [0.1, 0.15) is 12.4 Å². The van der Waals surface area contributed by atoms with Gasteiger partial charge in [0.05, 0.1) is 0 Å². The van der Waals surface area contributed by atoms with E-state index in [0.717, 1.165) is 12.3 Å². The summed E-state index contributed by atoms with van der Waals surface area (Å²) in [6.07, 6.45) is 0. The molecule has 1 N–H and O–H groups in total. The SMILES string of the molecule is Cc1cccc(OCc2ccc(CNC(C)C)s2)c1C. The second-order valence-corrected chi connectivity index (χ2v) is 6.64. The Morgan fingerprint density at radius 1 is 1.10 bits per heavy atom. The summed E-state index contributed by atoms with van der Waals surface area (Å²) in [5, 5.41) is 3.44. The van der Waals surface area contributed by atoms with Crippen molar-refractivity contribution in [2.75, 3.05) is 0 Å². The Hall–Kier alpha value is -1.32. The van der Waals surface area contributed by atoms with Gasteiger partial charge in [0.15, 0.2) is 0 Å². The van der Waals surface area contributed by atoms with Crippen LogP contribution in [0.5, 0.6) is 5.75 Å². The maximum Gasteiger partial charge on any atom is 0.123 e. The highest BCUT2D eigenvalue weighted by Gasteiger charge is 2.05. The molecule has 0 saturated carbocycles. The van der Waals surface area contributed by atoms with Gasteiger partial charge in [-0.15, -0.1) is 11.3 Å². The van der Waals surface area contributed by atoms with Gasteiger partial charge in [0.2, 0.25) is 0 Å². The Kier molecular flexibility index (Phi) is 5.21. The number of thiophene rings is 1. The zero-order valence-corrected chi connectivity index (χ0v) is 13.5. The molecule has 0 atom stereocenters. The summed E-state index contributed by atoms with van der Waals surface area (Å²) in [6, 6.07) is 11.1. The average molecular weight is 289 g/mol. The van der Waals surface area contributed by atoms with E-state index in [-0.39, 0.29) is 0 Å². The first-order chi connectivity index (χ1) is 9.56. The molecule has 1 aromatic carbocycles. The van der Waals surface area contributed by atoms with Crippen LogP contribution < -0.4 is 10.1 Å². The van der Waals surface area contributed by atoms with Crippen LogP contribution in [0.1, 0.15) is 34.7 Å². The van der Waals surface area contributed by atoms with Crippen LogP contribution in [0.3, 0.4) is 0 Å². The molecule has 108 valence electrons. The lowest BCUT2D eigenvalue weighted by Gasteiger charge is -2.09. The van der Waals surface area contributed by atoms with Crippen LogP contribution in [0.2, 0.25) is 0 Å². The number of aryl methyl sites for hydroxylation is 1. The summed E-state index contributed by atoms with van der Waals surface area (Å²) in [5.74, 6) is 0.986. The Labute approximate surface area is 125 Å². The molecule has 2 aromatic rings. The van der Waals surface area contributed by atoms with E-state index in [4.69, 9.17) is 4.74 Å². The third-order valence-electron chi connectivity index (χ3n) is 3.33. The zero-order valence-electron chi connectivity index (χ0n) is 12.7. The monoisotopic (exact) mass is 289 g/mol. The fraction of sp³-hybridized carbons (Fsp3) is 0.412. The minimum absolute atomic E-state index is 0.520. The Morgan fingerprint density at radius 3 is 2.60 bits per heavy atom. The number of hydrogen-bond donors (Lipinski definition) is 1. The Bertz CT molecular complexity index is 560. The van der Waals surface area contributed by atoms with E-state index >= 15 is 0 Å². The molecule has 1 aromatic heterocycles. The molecule has 3 heteroatoms. The normalized spacial score (nSPS) is 11.1. The lowest BCUT2D eigenvalue weighted by molar-refractivity contribution is 0.307. The van der Waals surface area contributed by atoms with Crippen molar-refractivity contribution in [2.45, 2.75) is 46.9 Å². The van der Waals surface area contributed by atoms with E-state index in [1.165, 1.54) is 20.9 Å². The first-order valence-corrected chi connectivity index (χ1v) is 7.88. The molecule has 0 aliphatic carbocycles. The summed E-state index contributed by atoms with van der Waals surface area (Å²) in [4.78, 5) is 2.63. The van der Waals surface area contributed by atoms with Crippen LogP contribution in [0.4, 0.5) is 0 Å². The van der Waals surface area contributed by atoms with Gasteiger partial charge in [-0.1, -0.05) is 26.0 Å². The van der Waals surface area contributed by atoms with Crippen molar-refractivity contribution in [3.63, 3.8) is 0 Å². The van der Waals surface area contributed by atoms with Gasteiger partial charge in [-0.05, 0) is 43.2 Å². The summed E-state index contributed by atoms with van der Waals surface area (Å²) in [6.45, 7) is 10.1. The van der Waals surface area contributed by atoms with Crippen LogP contribution in [-0.2, 0) is 13.2 Å². The van der Waals surface area contributed by atoms with E-state index in [1.807, 2.05) is 23.5 Å². The first kappa shape index (κ1) is 15.1. The summed E-state index contributed by atoms with van der Waals surface area (Å²) in [7, 11) is 0. The van der Waals surface area contributed by atoms with E-state index in [1.54, 1.807) is 0 Å². The molecule has 20 heavy (non-hydrogen) atoms. The standard InChI is InChI=1S/C17H23NOS/c1-12(2)18-10-15-8-9-16(20-15)11-19-17-7-5-6-13(3)14(17)4/h5-9,12,18H,10-11H2,1-4H3. The highest BCUT2D eigenvalue weighted by molar-refractivity contribution is 7.11. The molecular formula is C17H23NOS. The van der Waals surface area contributed by atoms with Crippen molar-refractivity contribution in [1.29, 1.82) is 0 Å². The third-order valence-corrected chi connectivity index (χ3v) is 4.39. The lowest BCUT2D eigenvalue weighted by atomic mass is 10.1. The topological polar surface area (TPSA) is 21.3 Å². The molecule has 0 aliphatic rings. The maximum atomic E-state index is 5.93. The Morgan fingerprint density at radius 2 is 1.85 bits per heavy atom. The number of ether oxygens (including phenoxy) is 1. The average Bonchev–Trinajstić information content (AvgIpc) is 2.86. The summed E-state index contributed by atoms with van der Waals surface area (Å²) >= 11 is 1.82. The van der Waals surface area contributed by atoms with Crippen molar-refractivity contribution in [2.24, 2.45) is 0 Å². The number of nitrogens with one attached hydrogen (secondary N) is 1. The minimum Gasteiger partial charge on any atom is -0.488 e. The van der Waals surface area contributed by atoms with Gasteiger partial charge in [0.25, 0.3) is 0 Å². The van der Waals surface area contributed by atoms with Crippen molar-refractivity contribution >= 4 is 11.3 Å². The fourth-order valence-corrected chi connectivity index (χ4v) is 2.81. The second-order valence-electron chi connectivity index (χ2n) is 5.39. The van der Waals surface area contributed by atoms with Crippen LogP contribution >= 0.6 is 11.3 Å². The zero-order chi connectivity index (χ0) is 14.5. The second kappa shape index (κ2) is 6.91. The van der Waals surface area contributed by atoms with Crippen LogP contribution in [0.25, 0.3) is 0 Å². The number of rotatable bonds is 6. The third kappa shape index (κ3) is 4.09. The van der Waals surface area contributed by atoms with E-state index in [2.05, 4.69) is 51.2 Å². The van der Waals surface area contributed by atoms with Crippen LogP contribution in [0, 0.1) is 13.8 Å². The molecule has 0 bridgehead atoms. The Balaban J connectivity index is 1.92. The summed E-state index contributed by atoms with van der Waals surface area (Å²) in [5.41, 5.74) is 2.50. The predicted octanol–water partition coefficient (Wildman–Crippen LogP) is 4.44. The number of hydrogen-bond acceptors (Lipinski definition) is 3. The minimum atomic E-state index is 0.520. The van der Waals surface area contributed by atoms with Crippen molar-refractivity contribution < 1.29 is 4.74 Å². The fourth-order valence-electron chi connectivity index (χ4n) is 1.93. The van der Waals surface area contributed by atoms with Gasteiger partial charge in [-0.25, -0.2) is 0 Å². The van der Waals surface area contributed by atoms with Crippen molar-refractivity contribution in [1.82, 2.24) is 5.32 Å². The highest BCUT2D eigenvalue weighted by Crippen LogP contribution is 2.23. The molecule has 2 rings (SSSR count). The van der Waals surface area contributed by atoms with Crippen LogP contribution in [-0.4, -0.2) is 6.04 Å². The summed E-state index contributed by atoms with van der Waals surface area (Å²) < 4.78 is 5.93. The molecule has 0 amide bonds. The molecule has 0 aliphatic heterocycles.